The van der Waals surface area contributed by atoms with Crippen molar-refractivity contribution >= 4 is 11.6 Å². The van der Waals surface area contributed by atoms with Crippen LogP contribution in [0.1, 0.15) is 61.7 Å². The van der Waals surface area contributed by atoms with E-state index >= 15 is 0 Å². The van der Waals surface area contributed by atoms with Crippen LogP contribution in [0.25, 0.3) is 5.69 Å². The Kier molecular flexibility index (Phi) is 8.09. The van der Waals surface area contributed by atoms with Crippen molar-refractivity contribution in [1.82, 2.24) is 15.1 Å². The van der Waals surface area contributed by atoms with Gasteiger partial charge in [-0.2, -0.15) is 5.10 Å². The normalized spacial score (nSPS) is 18.9. The number of hydrogen-bond donors (Lipinski definition) is 1. The van der Waals surface area contributed by atoms with Gasteiger partial charge in [-0.15, -0.1) is 0 Å². The maximum atomic E-state index is 14.4. The molecule has 1 saturated heterocycles. The fourth-order valence-corrected chi connectivity index (χ4v) is 6.03. The molecule has 1 aliphatic carbocycles. The molecular weight excluding hydrogens is 464 g/mol. The van der Waals surface area contributed by atoms with E-state index in [1.54, 1.807) is 26.5 Å². The molecule has 37 heavy (non-hydrogen) atoms. The first-order valence-electron chi connectivity index (χ1n) is 13.6. The highest BCUT2D eigenvalue weighted by Crippen LogP contribution is 2.35. The largest absolute Gasteiger partial charge is 0.493 e. The van der Waals surface area contributed by atoms with Crippen molar-refractivity contribution in [3.63, 3.8) is 0 Å². The summed E-state index contributed by atoms with van der Waals surface area (Å²) in [6, 6.07) is 15.9. The molecule has 2 aliphatic rings. The van der Waals surface area contributed by atoms with E-state index < -0.39 is 0 Å². The number of amides is 1. The molecule has 1 aromatic heterocycles. The van der Waals surface area contributed by atoms with Crippen LogP contribution >= 0.6 is 0 Å². The van der Waals surface area contributed by atoms with Crippen molar-refractivity contribution < 1.29 is 14.3 Å². The van der Waals surface area contributed by atoms with Crippen LogP contribution in [0.4, 0.5) is 5.69 Å². The van der Waals surface area contributed by atoms with Crippen LogP contribution in [-0.4, -0.2) is 48.5 Å². The van der Waals surface area contributed by atoms with Crippen molar-refractivity contribution in [2.75, 3.05) is 25.7 Å². The second-order valence-electron chi connectivity index (χ2n) is 10.2. The number of benzene rings is 2. The van der Waals surface area contributed by atoms with Crippen LogP contribution in [0, 0.1) is 5.92 Å². The maximum Gasteiger partial charge on any atom is 0.258 e. The number of methoxy groups -OCH3 is 2. The third-order valence-electron chi connectivity index (χ3n) is 7.92. The fraction of sp³-hybridized carbons (Fsp3) is 0.467. The molecule has 1 unspecified atom stereocenters. The van der Waals surface area contributed by atoms with Gasteiger partial charge in [-0.05, 0) is 74.2 Å². The number of rotatable bonds is 9. The zero-order valence-corrected chi connectivity index (χ0v) is 21.9. The first kappa shape index (κ1) is 25.3. The van der Waals surface area contributed by atoms with Gasteiger partial charge in [0, 0.05) is 29.7 Å². The Hall–Kier alpha value is -3.32. The van der Waals surface area contributed by atoms with Gasteiger partial charge in [-0.25, -0.2) is 4.68 Å². The standard InChI is InChI=1S/C30H38N4O3/c1-36-28-15-14-23(20-29(28)37-2)30(35)34(25-12-6-11-24(21-25)33-18-8-17-32-33)27(26-13-7-16-31-26)19-22-9-4-3-5-10-22/h6,8,11-12,14-15,17-18,20-22,26-27,31H,3-5,7,9-10,13,16,19H2,1-2H3/t26?,27-/m0/s1. The SMILES string of the molecule is COc1ccc(C(=O)N(c2cccc(-n3cccn3)c2)[C@@H](CC2CCCCC2)C2CCCN2)cc1OC. The summed E-state index contributed by atoms with van der Waals surface area (Å²) in [7, 11) is 3.21. The molecule has 2 aromatic carbocycles. The van der Waals surface area contributed by atoms with E-state index in [1.807, 2.05) is 46.1 Å². The Morgan fingerprint density at radius 3 is 2.57 bits per heavy atom. The highest BCUT2D eigenvalue weighted by Gasteiger charge is 2.36. The molecule has 196 valence electrons. The van der Waals surface area contributed by atoms with Gasteiger partial charge in [0.25, 0.3) is 5.91 Å². The molecule has 1 aliphatic heterocycles. The number of aromatic nitrogens is 2. The van der Waals surface area contributed by atoms with Crippen LogP contribution < -0.4 is 19.7 Å². The summed E-state index contributed by atoms with van der Waals surface area (Å²) in [5.74, 6) is 1.79. The lowest BCUT2D eigenvalue weighted by Gasteiger charge is -2.39. The lowest BCUT2D eigenvalue weighted by molar-refractivity contribution is 0.0964. The summed E-state index contributed by atoms with van der Waals surface area (Å²) in [4.78, 5) is 16.5. The third-order valence-corrected chi connectivity index (χ3v) is 7.92. The number of carbonyl (C=O) groups is 1. The predicted molar refractivity (Wildman–Crippen MR) is 146 cm³/mol. The van der Waals surface area contributed by atoms with Crippen molar-refractivity contribution in [2.45, 2.75) is 63.5 Å². The van der Waals surface area contributed by atoms with Crippen molar-refractivity contribution in [2.24, 2.45) is 5.92 Å². The monoisotopic (exact) mass is 502 g/mol. The first-order valence-corrected chi connectivity index (χ1v) is 13.6. The molecule has 7 nitrogen and oxygen atoms in total. The van der Waals surface area contributed by atoms with Gasteiger partial charge in [0.15, 0.2) is 11.5 Å². The lowest BCUT2D eigenvalue weighted by Crippen LogP contribution is -2.51. The number of nitrogens with one attached hydrogen (secondary N) is 1. The third kappa shape index (κ3) is 5.67. The summed E-state index contributed by atoms with van der Waals surface area (Å²) < 4.78 is 12.8. The van der Waals surface area contributed by atoms with Gasteiger partial charge in [-0.1, -0.05) is 38.2 Å². The van der Waals surface area contributed by atoms with Gasteiger partial charge < -0.3 is 19.7 Å². The zero-order valence-electron chi connectivity index (χ0n) is 21.9. The van der Waals surface area contributed by atoms with E-state index in [0.717, 1.165) is 37.2 Å². The van der Waals surface area contributed by atoms with E-state index in [-0.39, 0.29) is 18.0 Å². The van der Waals surface area contributed by atoms with Crippen LogP contribution in [-0.2, 0) is 0 Å². The van der Waals surface area contributed by atoms with E-state index in [2.05, 4.69) is 22.5 Å². The lowest BCUT2D eigenvalue weighted by atomic mass is 9.82. The van der Waals surface area contributed by atoms with Crippen LogP contribution in [0.15, 0.2) is 60.9 Å². The van der Waals surface area contributed by atoms with Gasteiger partial charge in [0.2, 0.25) is 0 Å². The number of nitrogens with zero attached hydrogens (tertiary/aromatic N) is 3. The predicted octanol–water partition coefficient (Wildman–Crippen LogP) is 5.63. The Balaban J connectivity index is 1.58. The minimum atomic E-state index is -0.0203. The summed E-state index contributed by atoms with van der Waals surface area (Å²) in [6.45, 7) is 0.998. The number of anilines is 1. The minimum Gasteiger partial charge on any atom is -0.493 e. The van der Waals surface area contributed by atoms with Gasteiger partial charge in [0.05, 0.1) is 25.9 Å². The van der Waals surface area contributed by atoms with Gasteiger partial charge >= 0.3 is 0 Å². The topological polar surface area (TPSA) is 68.6 Å². The summed E-state index contributed by atoms with van der Waals surface area (Å²) in [5, 5.41) is 8.15. The molecule has 0 radical (unpaired) electrons. The van der Waals surface area contributed by atoms with Gasteiger partial charge in [0.1, 0.15) is 0 Å². The molecule has 0 bridgehead atoms. The van der Waals surface area contributed by atoms with Crippen molar-refractivity contribution in [1.29, 1.82) is 0 Å². The second-order valence-corrected chi connectivity index (χ2v) is 10.2. The van der Waals surface area contributed by atoms with Crippen LogP contribution in [0.3, 0.4) is 0 Å². The smallest absolute Gasteiger partial charge is 0.258 e. The van der Waals surface area contributed by atoms with Crippen molar-refractivity contribution in [3.05, 3.63) is 66.5 Å². The molecule has 2 fully saturated rings. The summed E-state index contributed by atoms with van der Waals surface area (Å²) in [5.41, 5.74) is 2.42. The second kappa shape index (κ2) is 11.8. The first-order chi connectivity index (χ1) is 18.2. The Morgan fingerprint density at radius 2 is 1.86 bits per heavy atom. The Labute approximate surface area is 219 Å². The zero-order chi connectivity index (χ0) is 25.6. The van der Waals surface area contributed by atoms with Crippen molar-refractivity contribution in [3.8, 4) is 17.2 Å². The molecule has 2 heterocycles. The number of hydrogen-bond acceptors (Lipinski definition) is 5. The maximum absolute atomic E-state index is 14.4. The number of ether oxygens (including phenoxy) is 2. The molecule has 1 amide bonds. The molecular formula is C30H38N4O3. The molecule has 7 heteroatoms. The molecule has 0 spiro atoms. The molecule has 2 atom stereocenters. The molecule has 3 aromatic rings. The summed E-state index contributed by atoms with van der Waals surface area (Å²) >= 11 is 0. The molecule has 1 N–H and O–H groups in total. The van der Waals surface area contributed by atoms with E-state index in [0.29, 0.717) is 23.0 Å². The van der Waals surface area contributed by atoms with Gasteiger partial charge in [-0.3, -0.25) is 4.79 Å². The van der Waals surface area contributed by atoms with E-state index in [4.69, 9.17) is 9.47 Å². The molecule has 1 saturated carbocycles. The molecule has 5 rings (SSSR count). The quantitative estimate of drug-likeness (QED) is 0.411. The highest BCUT2D eigenvalue weighted by molar-refractivity contribution is 6.07. The Morgan fingerprint density at radius 1 is 1.03 bits per heavy atom. The summed E-state index contributed by atoms with van der Waals surface area (Å²) in [6.07, 6.45) is 13.3. The average Bonchev–Trinajstić information content (AvgIpc) is 3.68. The number of carbonyl (C=O) groups excluding carboxylic acids is 1. The fourth-order valence-electron chi connectivity index (χ4n) is 6.03. The Bertz CT molecular complexity index is 1170. The van der Waals surface area contributed by atoms with Crippen LogP contribution in [0.5, 0.6) is 11.5 Å². The minimum absolute atomic E-state index is 0.0203. The highest BCUT2D eigenvalue weighted by atomic mass is 16.5. The average molecular weight is 503 g/mol. The van der Waals surface area contributed by atoms with E-state index in [1.165, 1.54) is 32.1 Å². The van der Waals surface area contributed by atoms with E-state index in [9.17, 15) is 4.79 Å². The van der Waals surface area contributed by atoms with Crippen LogP contribution in [0.2, 0.25) is 0 Å².